The molecular formula is C14H13BCl2O4. The smallest absolute Gasteiger partial charge is 0.525 e. The third-order valence-corrected chi connectivity index (χ3v) is 3.30. The van der Waals surface area contributed by atoms with E-state index in [4.69, 9.17) is 42.0 Å². The molecule has 0 N–H and O–H groups in total. The zero-order valence-electron chi connectivity index (χ0n) is 11.6. The van der Waals surface area contributed by atoms with Gasteiger partial charge in [-0.25, -0.2) is 0 Å². The van der Waals surface area contributed by atoms with E-state index >= 15 is 0 Å². The number of hydrogen-bond donors (Lipinski definition) is 0. The lowest BCUT2D eigenvalue weighted by Crippen LogP contribution is -2.12. The third kappa shape index (κ3) is 3.68. The number of hydrogen-bond acceptors (Lipinski definition) is 4. The van der Waals surface area contributed by atoms with Crippen LogP contribution in [0.25, 0.3) is 0 Å². The van der Waals surface area contributed by atoms with Crippen molar-refractivity contribution < 1.29 is 18.8 Å². The molecule has 2 aromatic rings. The predicted molar refractivity (Wildman–Crippen MR) is 84.4 cm³/mol. The van der Waals surface area contributed by atoms with Crippen LogP contribution in [0.2, 0.25) is 10.0 Å². The highest BCUT2D eigenvalue weighted by Gasteiger charge is 2.13. The van der Waals surface area contributed by atoms with Gasteiger partial charge in [0.1, 0.15) is 0 Å². The Morgan fingerprint density at radius 3 is 1.57 bits per heavy atom. The number of para-hydroxylation sites is 2. The molecule has 0 radical (unpaired) electrons. The average molecular weight is 327 g/mol. The summed E-state index contributed by atoms with van der Waals surface area (Å²) in [6.45, 7) is 0. The molecule has 2 rings (SSSR count). The van der Waals surface area contributed by atoms with Gasteiger partial charge in [-0.1, -0.05) is 35.3 Å². The molecule has 7 heteroatoms. The number of halogens is 2. The third-order valence-electron chi connectivity index (χ3n) is 2.71. The molecule has 4 nitrogen and oxygen atoms in total. The van der Waals surface area contributed by atoms with E-state index in [-0.39, 0.29) is 7.69 Å². The SMILES string of the molecule is COc1cccc(Cl)c1OBOc1c(Cl)cccc1OC. The van der Waals surface area contributed by atoms with Crippen LogP contribution in [0.3, 0.4) is 0 Å². The largest absolute Gasteiger partial charge is 0.576 e. The second-order valence-electron chi connectivity index (χ2n) is 3.95. The minimum absolute atomic E-state index is 0.0831. The van der Waals surface area contributed by atoms with Crippen molar-refractivity contribution in [1.29, 1.82) is 0 Å². The molecule has 0 bridgehead atoms. The van der Waals surface area contributed by atoms with Crippen molar-refractivity contribution in [2.75, 3.05) is 14.2 Å². The van der Waals surface area contributed by atoms with Crippen LogP contribution in [0.5, 0.6) is 23.0 Å². The van der Waals surface area contributed by atoms with Gasteiger partial charge in [-0.3, -0.25) is 0 Å². The summed E-state index contributed by atoms with van der Waals surface area (Å²) in [5.41, 5.74) is 0. The first-order chi connectivity index (χ1) is 10.2. The summed E-state index contributed by atoms with van der Waals surface area (Å²) in [5, 5.41) is 0.869. The summed E-state index contributed by atoms with van der Waals surface area (Å²) in [5.74, 6) is 1.87. The second-order valence-corrected chi connectivity index (χ2v) is 4.76. The van der Waals surface area contributed by atoms with E-state index in [0.29, 0.717) is 33.0 Å². The van der Waals surface area contributed by atoms with Gasteiger partial charge in [0.05, 0.1) is 24.3 Å². The van der Waals surface area contributed by atoms with Gasteiger partial charge in [0.15, 0.2) is 23.0 Å². The Morgan fingerprint density at radius 2 is 1.19 bits per heavy atom. The Kier molecular flexibility index (Phi) is 5.48. The normalized spacial score (nSPS) is 9.90. The van der Waals surface area contributed by atoms with Crippen molar-refractivity contribution in [2.45, 2.75) is 0 Å². The van der Waals surface area contributed by atoms with Crippen molar-refractivity contribution in [1.82, 2.24) is 0 Å². The fraction of sp³-hybridized carbons (Fsp3) is 0.143. The second kappa shape index (κ2) is 7.34. The molecule has 110 valence electrons. The Balaban J connectivity index is 2.09. The molecule has 0 saturated heterocycles. The van der Waals surface area contributed by atoms with Crippen LogP contribution in [-0.4, -0.2) is 21.9 Å². The van der Waals surface area contributed by atoms with Crippen molar-refractivity contribution in [3.8, 4) is 23.0 Å². The lowest BCUT2D eigenvalue weighted by molar-refractivity contribution is 0.370. The topological polar surface area (TPSA) is 36.9 Å². The molecule has 0 heterocycles. The van der Waals surface area contributed by atoms with Crippen molar-refractivity contribution in [2.24, 2.45) is 0 Å². The van der Waals surface area contributed by atoms with Crippen molar-refractivity contribution in [3.05, 3.63) is 46.4 Å². The summed E-state index contributed by atoms with van der Waals surface area (Å²) >= 11 is 12.1. The first-order valence-corrected chi connectivity index (χ1v) is 6.83. The molecule has 0 aliphatic heterocycles. The fourth-order valence-electron chi connectivity index (χ4n) is 1.73. The number of ether oxygens (including phenoxy) is 2. The maximum atomic E-state index is 6.07. The molecule has 0 atom stereocenters. The van der Waals surface area contributed by atoms with E-state index in [1.807, 2.05) is 0 Å². The molecule has 2 aromatic carbocycles. The average Bonchev–Trinajstić information content (AvgIpc) is 2.50. The zero-order valence-corrected chi connectivity index (χ0v) is 13.1. The summed E-state index contributed by atoms with van der Waals surface area (Å²) in [7, 11) is 2.99. The Hall–Kier alpha value is -1.72. The van der Waals surface area contributed by atoms with E-state index in [2.05, 4.69) is 0 Å². The van der Waals surface area contributed by atoms with Gasteiger partial charge in [-0.15, -0.1) is 0 Å². The standard InChI is InChI=1S/C14H13BCl2O4/c1-18-11-7-3-5-9(16)13(11)20-15-21-14-10(17)6-4-8-12(14)19-2/h3-8,15H,1-2H3. The van der Waals surface area contributed by atoms with E-state index in [1.54, 1.807) is 36.4 Å². The minimum Gasteiger partial charge on any atom is -0.525 e. The molecule has 0 saturated carbocycles. The number of methoxy groups -OCH3 is 2. The molecule has 0 unspecified atom stereocenters. The summed E-state index contributed by atoms with van der Waals surface area (Å²) in [6.07, 6.45) is 0. The summed E-state index contributed by atoms with van der Waals surface area (Å²) < 4.78 is 21.4. The van der Waals surface area contributed by atoms with E-state index < -0.39 is 0 Å². The summed E-state index contributed by atoms with van der Waals surface area (Å²) in [6, 6.07) is 10.4. The number of benzene rings is 2. The molecule has 21 heavy (non-hydrogen) atoms. The van der Waals surface area contributed by atoms with Crippen molar-refractivity contribution in [3.63, 3.8) is 0 Å². The van der Waals surface area contributed by atoms with Crippen LogP contribution in [0.4, 0.5) is 0 Å². The molecule has 0 fully saturated rings. The van der Waals surface area contributed by atoms with E-state index in [0.717, 1.165) is 0 Å². The van der Waals surface area contributed by atoms with Crippen LogP contribution < -0.4 is 18.8 Å². The van der Waals surface area contributed by atoms with Crippen LogP contribution in [-0.2, 0) is 0 Å². The molecule has 0 spiro atoms. The Morgan fingerprint density at radius 1 is 0.762 bits per heavy atom. The first-order valence-electron chi connectivity index (χ1n) is 6.08. The Bertz CT molecular complexity index is 568. The quantitative estimate of drug-likeness (QED) is 0.758. The maximum absolute atomic E-state index is 6.07. The molecule has 0 amide bonds. The van der Waals surface area contributed by atoms with E-state index in [9.17, 15) is 0 Å². The maximum Gasteiger partial charge on any atom is 0.576 e. The zero-order chi connectivity index (χ0) is 15.2. The lowest BCUT2D eigenvalue weighted by atomic mass is 10.2. The minimum atomic E-state index is -0.0831. The summed E-state index contributed by atoms with van der Waals surface area (Å²) in [4.78, 5) is 0. The van der Waals surface area contributed by atoms with Gasteiger partial charge in [-0.2, -0.15) is 0 Å². The number of rotatable bonds is 6. The highest BCUT2D eigenvalue weighted by Crippen LogP contribution is 2.36. The fourth-order valence-corrected chi connectivity index (χ4v) is 2.17. The van der Waals surface area contributed by atoms with Gasteiger partial charge in [0.2, 0.25) is 0 Å². The lowest BCUT2D eigenvalue weighted by Gasteiger charge is -2.14. The molecular weight excluding hydrogens is 314 g/mol. The van der Waals surface area contributed by atoms with Crippen LogP contribution in [0.1, 0.15) is 0 Å². The predicted octanol–water partition coefficient (Wildman–Crippen LogP) is 3.73. The van der Waals surface area contributed by atoms with Gasteiger partial charge < -0.3 is 18.8 Å². The van der Waals surface area contributed by atoms with E-state index in [1.165, 1.54) is 14.2 Å². The van der Waals surface area contributed by atoms with Gasteiger partial charge in [0, 0.05) is 0 Å². The first kappa shape index (κ1) is 15.7. The van der Waals surface area contributed by atoms with Crippen LogP contribution >= 0.6 is 23.2 Å². The van der Waals surface area contributed by atoms with Gasteiger partial charge >= 0.3 is 7.69 Å². The highest BCUT2D eigenvalue weighted by molar-refractivity contribution is 6.34. The van der Waals surface area contributed by atoms with Crippen molar-refractivity contribution >= 4 is 30.9 Å². The monoisotopic (exact) mass is 326 g/mol. The van der Waals surface area contributed by atoms with Crippen LogP contribution in [0.15, 0.2) is 36.4 Å². The molecule has 0 aliphatic carbocycles. The van der Waals surface area contributed by atoms with Gasteiger partial charge in [-0.05, 0) is 24.3 Å². The molecule has 0 aromatic heterocycles. The molecule has 0 aliphatic rings. The van der Waals surface area contributed by atoms with Gasteiger partial charge in [0.25, 0.3) is 0 Å². The Labute approximate surface area is 133 Å². The van der Waals surface area contributed by atoms with Crippen LogP contribution in [0, 0.1) is 0 Å². The highest BCUT2D eigenvalue weighted by atomic mass is 35.5.